The van der Waals surface area contributed by atoms with E-state index in [1.54, 1.807) is 9.24 Å². The third kappa shape index (κ3) is 7.41. The van der Waals surface area contributed by atoms with Crippen LogP contribution in [0, 0.1) is 31.1 Å². The molecule has 0 aromatic heterocycles. The molecule has 0 radical (unpaired) electrons. The first kappa shape index (κ1) is 27.0. The Bertz CT molecular complexity index is 1100. The molecule has 3 rings (SSSR count). The van der Waals surface area contributed by atoms with E-state index in [0.717, 1.165) is 29.7 Å². The summed E-state index contributed by atoms with van der Waals surface area (Å²) in [4.78, 5) is 11.9. The van der Waals surface area contributed by atoms with Crippen LogP contribution < -0.4 is 11.1 Å². The first-order valence-electron chi connectivity index (χ1n) is 11.0. The number of fused-ring (bicyclic) bond motifs is 1. The molecular weight excluding hydrogens is 451 g/mol. The number of alkyl halides is 2. The van der Waals surface area contributed by atoms with Gasteiger partial charge in [0.05, 0.1) is 0 Å². The highest BCUT2D eigenvalue weighted by molar-refractivity contribution is 7.18. The zero-order chi connectivity index (χ0) is 25.3. The highest BCUT2D eigenvalue weighted by atomic mass is 31.0. The lowest BCUT2D eigenvalue weighted by Crippen LogP contribution is -2.15. The maximum Gasteiger partial charge on any atom is 0.259 e. The second-order valence-corrected chi connectivity index (χ2v) is 9.18. The number of nitrogens with zero attached hydrogens (tertiary/aromatic N) is 1. The fourth-order valence-electron chi connectivity index (χ4n) is 4.22. The number of nitriles is 1. The van der Waals surface area contributed by atoms with Crippen molar-refractivity contribution in [1.29, 1.82) is 5.26 Å². The Kier molecular flexibility index (Phi) is 9.79. The predicted molar refractivity (Wildman–Crippen MR) is 137 cm³/mol. The van der Waals surface area contributed by atoms with Gasteiger partial charge in [-0.05, 0) is 72.9 Å². The number of aryl methyl sites for hydroxylation is 2. The molecule has 0 saturated carbocycles. The molecule has 4 nitrogen and oxygen atoms in total. The van der Waals surface area contributed by atoms with Gasteiger partial charge in [-0.1, -0.05) is 45.1 Å². The molecule has 1 amide bonds. The Morgan fingerprint density at radius 3 is 2.53 bits per heavy atom. The molecule has 0 aliphatic heterocycles. The van der Waals surface area contributed by atoms with Crippen LogP contribution in [-0.4, -0.2) is 18.1 Å². The summed E-state index contributed by atoms with van der Waals surface area (Å²) < 4.78 is 25.9. The summed E-state index contributed by atoms with van der Waals surface area (Å²) in [7, 11) is 1.57. The van der Waals surface area contributed by atoms with Crippen molar-refractivity contribution >= 4 is 26.4 Å². The second kappa shape index (κ2) is 12.3. The zero-order valence-electron chi connectivity index (χ0n) is 19.3. The molecule has 34 heavy (non-hydrogen) atoms. The first-order valence-corrected chi connectivity index (χ1v) is 11.6. The van der Waals surface area contributed by atoms with Gasteiger partial charge >= 0.3 is 0 Å². The Morgan fingerprint density at radius 2 is 1.94 bits per heavy atom. The van der Waals surface area contributed by atoms with E-state index in [0.29, 0.717) is 25.0 Å². The third-order valence-electron chi connectivity index (χ3n) is 5.87. The lowest BCUT2D eigenvalue weighted by atomic mass is 9.87. The van der Waals surface area contributed by atoms with Crippen LogP contribution in [0.5, 0.6) is 0 Å². The highest BCUT2D eigenvalue weighted by Crippen LogP contribution is 2.41. The van der Waals surface area contributed by atoms with E-state index in [4.69, 9.17) is 5.73 Å². The van der Waals surface area contributed by atoms with E-state index < -0.39 is 11.6 Å². The standard InChI is InChI=1S/C25H28F2N3OP.C2H2/c1-16-3-5-17(6-4-16)22(23(15-28)24(29)31)14-19-8-7-18-13-20(9-10-21(18)19)30-12-2-11-25(26,27)32;1-2/h3-6,9-10,13,19,30H,2,7-8,11-12,14,32H2,1H3,(H2,29,31);1-2H/b23-22+;/t19-;/m1./s1. The van der Waals surface area contributed by atoms with E-state index in [1.165, 1.54) is 11.1 Å². The number of nitrogens with two attached hydrogens (primary N) is 1. The molecule has 2 aromatic carbocycles. The van der Waals surface area contributed by atoms with E-state index in [2.05, 4.69) is 30.3 Å². The molecule has 0 fully saturated rings. The number of nitrogens with one attached hydrogen (secondary N) is 1. The van der Waals surface area contributed by atoms with Crippen LogP contribution in [0.25, 0.3) is 5.57 Å². The lowest BCUT2D eigenvalue weighted by Gasteiger charge is -2.17. The number of benzene rings is 2. The molecule has 0 spiro atoms. The fourth-order valence-corrected chi connectivity index (χ4v) is 4.43. The van der Waals surface area contributed by atoms with Crippen LogP contribution in [0.2, 0.25) is 0 Å². The van der Waals surface area contributed by atoms with Crippen molar-refractivity contribution in [2.24, 2.45) is 5.73 Å². The number of primary amides is 1. The van der Waals surface area contributed by atoms with E-state index in [1.807, 2.05) is 43.3 Å². The van der Waals surface area contributed by atoms with E-state index >= 15 is 0 Å². The van der Waals surface area contributed by atoms with Crippen molar-refractivity contribution in [2.75, 3.05) is 11.9 Å². The molecule has 1 unspecified atom stereocenters. The normalized spacial score (nSPS) is 15.3. The van der Waals surface area contributed by atoms with Crippen molar-refractivity contribution in [3.63, 3.8) is 0 Å². The highest BCUT2D eigenvalue weighted by Gasteiger charge is 2.26. The molecule has 0 saturated heterocycles. The molecule has 2 aromatic rings. The number of allylic oxidation sites excluding steroid dienone is 1. The summed E-state index contributed by atoms with van der Waals surface area (Å²) in [5.74, 6) is -0.536. The van der Waals surface area contributed by atoms with Crippen molar-refractivity contribution in [3.8, 4) is 18.9 Å². The molecule has 0 bridgehead atoms. The fraction of sp³-hybridized carbons (Fsp3) is 0.333. The quantitative estimate of drug-likeness (QED) is 0.157. The Labute approximate surface area is 202 Å². The monoisotopic (exact) mass is 481 g/mol. The van der Waals surface area contributed by atoms with Crippen LogP contribution in [0.4, 0.5) is 14.5 Å². The molecule has 7 heteroatoms. The number of amides is 1. The number of terminal acetylenes is 1. The van der Waals surface area contributed by atoms with Gasteiger partial charge in [0.2, 0.25) is 0 Å². The molecular formula is C27H30F2N3OP. The number of rotatable bonds is 9. The van der Waals surface area contributed by atoms with Gasteiger partial charge in [-0.15, -0.1) is 12.8 Å². The Hall–Kier alpha value is -3.21. The zero-order valence-corrected chi connectivity index (χ0v) is 20.4. The van der Waals surface area contributed by atoms with Crippen molar-refractivity contribution in [3.05, 3.63) is 70.3 Å². The van der Waals surface area contributed by atoms with Crippen LogP contribution in [0.1, 0.15) is 53.9 Å². The van der Waals surface area contributed by atoms with Gasteiger partial charge in [0, 0.05) is 18.7 Å². The minimum absolute atomic E-state index is 0.00600. The first-order chi connectivity index (χ1) is 16.2. The number of halogens is 2. The molecule has 0 heterocycles. The molecule has 3 N–H and O–H groups in total. The maximum atomic E-state index is 12.9. The van der Waals surface area contributed by atoms with Gasteiger partial charge in [0.25, 0.3) is 11.6 Å². The number of anilines is 1. The molecule has 1 aliphatic rings. The van der Waals surface area contributed by atoms with Gasteiger partial charge < -0.3 is 11.1 Å². The average molecular weight is 482 g/mol. The summed E-state index contributed by atoms with van der Waals surface area (Å²) in [5.41, 5.74) is 8.73. The topological polar surface area (TPSA) is 78.9 Å². The smallest absolute Gasteiger partial charge is 0.259 e. The van der Waals surface area contributed by atoms with Crippen LogP contribution >= 0.6 is 9.24 Å². The van der Waals surface area contributed by atoms with Crippen molar-refractivity contribution < 1.29 is 13.6 Å². The molecule has 2 atom stereocenters. The van der Waals surface area contributed by atoms with E-state index in [9.17, 15) is 18.8 Å². The summed E-state index contributed by atoms with van der Waals surface area (Å²) in [6.07, 6.45) is 10.6. The van der Waals surface area contributed by atoms with Gasteiger partial charge in [0.1, 0.15) is 11.6 Å². The van der Waals surface area contributed by atoms with Gasteiger partial charge in [-0.25, -0.2) is 8.78 Å². The van der Waals surface area contributed by atoms with Gasteiger partial charge in [-0.2, -0.15) is 5.26 Å². The minimum atomic E-state index is -2.72. The summed E-state index contributed by atoms with van der Waals surface area (Å²) in [5, 5.41) is 12.8. The SMILES string of the molecule is C#C.Cc1ccc(/C(C[C@H]2CCc3cc(NCCCC(F)(F)P)ccc32)=C(\C#N)C(N)=O)cc1. The minimum Gasteiger partial charge on any atom is -0.385 e. The third-order valence-corrected chi connectivity index (χ3v) is 6.16. The maximum absolute atomic E-state index is 12.9. The summed E-state index contributed by atoms with van der Waals surface area (Å²) in [6.45, 7) is 2.47. The number of hydrogen-bond acceptors (Lipinski definition) is 3. The number of hydrogen-bond donors (Lipinski definition) is 2. The van der Waals surface area contributed by atoms with Crippen LogP contribution in [0.3, 0.4) is 0 Å². The van der Waals surface area contributed by atoms with Gasteiger partial charge in [0.15, 0.2) is 0 Å². The summed E-state index contributed by atoms with van der Waals surface area (Å²) >= 11 is 0. The number of carbonyl (C=O) groups excluding carboxylic acids is 1. The van der Waals surface area contributed by atoms with Crippen molar-refractivity contribution in [2.45, 2.75) is 50.6 Å². The second-order valence-electron chi connectivity index (χ2n) is 8.34. The molecule has 178 valence electrons. The Morgan fingerprint density at radius 1 is 1.26 bits per heavy atom. The van der Waals surface area contributed by atoms with E-state index in [-0.39, 0.29) is 17.9 Å². The molecule has 1 aliphatic carbocycles. The lowest BCUT2D eigenvalue weighted by molar-refractivity contribution is -0.114. The predicted octanol–water partition coefficient (Wildman–Crippen LogP) is 5.79. The largest absolute Gasteiger partial charge is 0.385 e. The number of carbonyl (C=O) groups is 1. The van der Waals surface area contributed by atoms with Crippen LogP contribution in [0.15, 0.2) is 48.0 Å². The van der Waals surface area contributed by atoms with Gasteiger partial charge in [-0.3, -0.25) is 4.79 Å². The van der Waals surface area contributed by atoms with Crippen LogP contribution in [-0.2, 0) is 11.2 Å². The Balaban J connectivity index is 0.00000199. The summed E-state index contributed by atoms with van der Waals surface area (Å²) in [6, 6.07) is 15.9. The average Bonchev–Trinajstić information content (AvgIpc) is 3.20. The van der Waals surface area contributed by atoms with Crippen molar-refractivity contribution in [1.82, 2.24) is 0 Å².